The smallest absolute Gasteiger partial charge is 0.422 e. The normalized spacial score (nSPS) is 12.9. The lowest BCUT2D eigenvalue weighted by molar-refractivity contribution is -0.153. The molecule has 0 saturated carbocycles. The first-order valence-electron chi connectivity index (χ1n) is 6.92. The maximum absolute atomic E-state index is 12.4. The Labute approximate surface area is 139 Å². The van der Waals surface area contributed by atoms with Crippen LogP contribution in [-0.2, 0) is 16.6 Å². The summed E-state index contributed by atoms with van der Waals surface area (Å²) in [6, 6.07) is 1.35. The summed E-state index contributed by atoms with van der Waals surface area (Å²) in [4.78, 5) is 11.2. The predicted molar refractivity (Wildman–Crippen MR) is 84.1 cm³/mol. The van der Waals surface area contributed by atoms with Crippen LogP contribution in [0.25, 0.3) is 6.08 Å². The van der Waals surface area contributed by atoms with Crippen LogP contribution >= 0.6 is 0 Å². The molecule has 2 aromatic rings. The second-order valence-electron chi connectivity index (χ2n) is 5.03. The van der Waals surface area contributed by atoms with Gasteiger partial charge in [-0.3, -0.25) is 9.19 Å². The number of hydrogen-bond acceptors (Lipinski definition) is 4. The van der Waals surface area contributed by atoms with Crippen LogP contribution in [0.5, 0.6) is 5.75 Å². The van der Waals surface area contributed by atoms with Crippen molar-refractivity contribution in [3.8, 4) is 5.75 Å². The van der Waals surface area contributed by atoms with Gasteiger partial charge in [0, 0.05) is 17.5 Å². The van der Waals surface area contributed by atoms with Crippen LogP contribution in [0, 0.1) is 13.8 Å². The molecule has 0 fully saturated rings. The van der Waals surface area contributed by atoms with E-state index in [9.17, 15) is 17.4 Å². The van der Waals surface area contributed by atoms with E-state index in [-0.39, 0.29) is 16.7 Å². The standard InChI is InChI=1S/C15H16F3N3O2S/c1-4-11-10(3)20-14(21-11)24(22)7-12-9(2)13(5-6-19-12)23-8-15(16,17)18/h4-6H,1,7-8H2,2-3H3,(H,20,21)/t24-/m0/s1. The van der Waals surface area contributed by atoms with Gasteiger partial charge in [-0.1, -0.05) is 6.58 Å². The van der Waals surface area contributed by atoms with Crippen LogP contribution in [0.15, 0.2) is 24.0 Å². The van der Waals surface area contributed by atoms with E-state index in [0.717, 1.165) is 5.69 Å². The van der Waals surface area contributed by atoms with Crippen molar-refractivity contribution < 1.29 is 22.1 Å². The fraction of sp³-hybridized carbons (Fsp3) is 0.333. The number of H-pyrrole nitrogens is 1. The fourth-order valence-corrected chi connectivity index (χ4v) is 3.11. The molecule has 5 nitrogen and oxygen atoms in total. The Morgan fingerprint density at radius 2 is 2.12 bits per heavy atom. The first-order chi connectivity index (χ1) is 11.2. The Balaban J connectivity index is 2.17. The van der Waals surface area contributed by atoms with Crippen LogP contribution in [0.3, 0.4) is 0 Å². The summed E-state index contributed by atoms with van der Waals surface area (Å²) in [6.45, 7) is 5.58. The topological polar surface area (TPSA) is 67.9 Å². The minimum Gasteiger partial charge on any atom is -0.484 e. The molecule has 1 atom stereocenters. The summed E-state index contributed by atoms with van der Waals surface area (Å²) in [5, 5.41) is 0.269. The third-order valence-electron chi connectivity index (χ3n) is 3.23. The number of rotatable bonds is 6. The van der Waals surface area contributed by atoms with E-state index in [0.29, 0.717) is 17.0 Å². The van der Waals surface area contributed by atoms with Gasteiger partial charge in [0.25, 0.3) is 0 Å². The maximum atomic E-state index is 12.4. The summed E-state index contributed by atoms with van der Waals surface area (Å²) in [5.74, 6) is 0.0789. The molecule has 0 radical (unpaired) electrons. The van der Waals surface area contributed by atoms with Gasteiger partial charge in [0.1, 0.15) is 5.75 Å². The molecule has 0 amide bonds. The molecule has 0 aliphatic heterocycles. The predicted octanol–water partition coefficient (Wildman–Crippen LogP) is 3.31. The van der Waals surface area contributed by atoms with Crippen molar-refractivity contribution in [1.82, 2.24) is 15.0 Å². The number of imidazole rings is 1. The first-order valence-corrected chi connectivity index (χ1v) is 8.24. The average Bonchev–Trinajstić information content (AvgIpc) is 2.88. The van der Waals surface area contributed by atoms with Crippen molar-refractivity contribution in [2.75, 3.05) is 6.61 Å². The van der Waals surface area contributed by atoms with Gasteiger partial charge in [-0.05, 0) is 26.0 Å². The number of aromatic nitrogens is 3. The van der Waals surface area contributed by atoms with E-state index in [1.165, 1.54) is 12.3 Å². The molecular weight excluding hydrogens is 343 g/mol. The van der Waals surface area contributed by atoms with Crippen molar-refractivity contribution >= 4 is 16.9 Å². The lowest BCUT2D eigenvalue weighted by Crippen LogP contribution is -2.20. The minimum absolute atomic E-state index is 0.0125. The number of ether oxygens (including phenoxy) is 1. The molecule has 0 saturated heterocycles. The molecule has 0 unspecified atom stereocenters. The van der Waals surface area contributed by atoms with Gasteiger partial charge >= 0.3 is 6.18 Å². The van der Waals surface area contributed by atoms with Crippen molar-refractivity contribution in [1.29, 1.82) is 0 Å². The van der Waals surface area contributed by atoms with Gasteiger partial charge in [0.2, 0.25) is 0 Å². The van der Waals surface area contributed by atoms with Gasteiger partial charge in [0.15, 0.2) is 11.8 Å². The molecule has 0 aromatic carbocycles. The van der Waals surface area contributed by atoms with E-state index in [2.05, 4.69) is 21.5 Å². The van der Waals surface area contributed by atoms with E-state index in [1.54, 1.807) is 19.9 Å². The van der Waals surface area contributed by atoms with Crippen LogP contribution in [0.2, 0.25) is 0 Å². The quantitative estimate of drug-likeness (QED) is 0.859. The van der Waals surface area contributed by atoms with E-state index in [1.807, 2.05) is 0 Å². The molecule has 0 aliphatic rings. The number of aromatic amines is 1. The molecule has 2 aromatic heterocycles. The van der Waals surface area contributed by atoms with E-state index in [4.69, 9.17) is 4.74 Å². The zero-order chi connectivity index (χ0) is 17.9. The molecule has 2 heterocycles. The van der Waals surface area contributed by atoms with E-state index >= 15 is 0 Å². The van der Waals surface area contributed by atoms with Gasteiger partial charge in [0.05, 0.1) is 27.9 Å². The van der Waals surface area contributed by atoms with Gasteiger partial charge in [-0.25, -0.2) is 4.98 Å². The molecule has 130 valence electrons. The molecule has 24 heavy (non-hydrogen) atoms. The highest BCUT2D eigenvalue weighted by Crippen LogP contribution is 2.24. The molecular formula is C15H16F3N3O2S. The number of hydrogen-bond donors (Lipinski definition) is 1. The highest BCUT2D eigenvalue weighted by molar-refractivity contribution is 7.84. The number of alkyl halides is 3. The zero-order valence-corrected chi connectivity index (χ0v) is 13.9. The van der Waals surface area contributed by atoms with E-state index < -0.39 is 23.6 Å². The van der Waals surface area contributed by atoms with Gasteiger partial charge in [-0.2, -0.15) is 13.2 Å². The third kappa shape index (κ3) is 4.44. The van der Waals surface area contributed by atoms with Gasteiger partial charge in [-0.15, -0.1) is 0 Å². The largest absolute Gasteiger partial charge is 0.484 e. The third-order valence-corrected chi connectivity index (χ3v) is 4.39. The Hall–Kier alpha value is -2.16. The van der Waals surface area contributed by atoms with Crippen molar-refractivity contribution in [2.24, 2.45) is 0 Å². The maximum Gasteiger partial charge on any atom is 0.422 e. The molecule has 0 aliphatic carbocycles. The van der Waals surface area contributed by atoms with Crippen LogP contribution in [0.1, 0.15) is 22.6 Å². The second kappa shape index (κ2) is 7.16. The summed E-state index contributed by atoms with van der Waals surface area (Å²) in [5.41, 5.74) is 2.15. The summed E-state index contributed by atoms with van der Waals surface area (Å²) >= 11 is 0. The number of nitrogens with one attached hydrogen (secondary N) is 1. The molecule has 9 heteroatoms. The lowest BCUT2D eigenvalue weighted by Gasteiger charge is -2.13. The molecule has 1 N–H and O–H groups in total. The fourth-order valence-electron chi connectivity index (χ4n) is 1.97. The Morgan fingerprint density at radius 1 is 1.42 bits per heavy atom. The van der Waals surface area contributed by atoms with Crippen molar-refractivity contribution in [2.45, 2.75) is 30.9 Å². The Kier molecular flexibility index (Phi) is 5.43. The molecule has 0 bridgehead atoms. The van der Waals surface area contributed by atoms with Crippen LogP contribution < -0.4 is 4.74 Å². The summed E-state index contributed by atoms with van der Waals surface area (Å²) in [6.07, 6.45) is -1.55. The highest BCUT2D eigenvalue weighted by Gasteiger charge is 2.29. The summed E-state index contributed by atoms with van der Waals surface area (Å²) in [7, 11) is -1.52. The number of aryl methyl sites for hydroxylation is 1. The average molecular weight is 359 g/mol. The Bertz CT molecular complexity index is 772. The second-order valence-corrected chi connectivity index (χ2v) is 6.40. The zero-order valence-electron chi connectivity index (χ0n) is 13.1. The van der Waals surface area contributed by atoms with Crippen LogP contribution in [-0.4, -0.2) is 31.9 Å². The first kappa shape index (κ1) is 18.2. The monoisotopic (exact) mass is 359 g/mol. The Morgan fingerprint density at radius 3 is 2.71 bits per heavy atom. The SMILES string of the molecule is C=Cc1nc([S@@](=O)Cc2nccc(OCC(F)(F)F)c2C)[nH]c1C. The van der Waals surface area contributed by atoms with Crippen molar-refractivity contribution in [3.05, 3.63) is 41.5 Å². The van der Waals surface area contributed by atoms with Gasteiger partial charge < -0.3 is 9.72 Å². The number of halogens is 3. The lowest BCUT2D eigenvalue weighted by atomic mass is 10.2. The van der Waals surface area contributed by atoms with Crippen molar-refractivity contribution in [3.63, 3.8) is 0 Å². The van der Waals surface area contributed by atoms with Crippen LogP contribution in [0.4, 0.5) is 13.2 Å². The highest BCUT2D eigenvalue weighted by atomic mass is 32.2. The minimum atomic E-state index is -4.43. The molecule has 2 rings (SSSR count). The number of pyridine rings is 1. The number of nitrogens with zero attached hydrogens (tertiary/aromatic N) is 2. The molecule has 0 spiro atoms. The summed E-state index contributed by atoms with van der Waals surface area (Å²) < 4.78 is 54.0.